The summed E-state index contributed by atoms with van der Waals surface area (Å²) in [5.41, 5.74) is 2.32. The fraction of sp³-hybridized carbons (Fsp3) is 0.0714. The van der Waals surface area contributed by atoms with Crippen LogP contribution in [0.1, 0.15) is 5.56 Å². The van der Waals surface area contributed by atoms with Crippen molar-refractivity contribution in [2.45, 2.75) is 6.92 Å². The lowest BCUT2D eigenvalue weighted by Crippen LogP contribution is -2.19. The minimum atomic E-state index is -0.362. The van der Waals surface area contributed by atoms with Gasteiger partial charge in [-0.05, 0) is 42.8 Å². The van der Waals surface area contributed by atoms with Crippen LogP contribution in [0.3, 0.4) is 0 Å². The van der Waals surface area contributed by atoms with Gasteiger partial charge in [0.25, 0.3) is 0 Å². The maximum Gasteiger partial charge on any atom is 0.323 e. The SMILES string of the molecule is Cc1ccc(NC(=O)Nc2cc(Cl)cc(Cl)c2)cc1Br. The number of rotatable bonds is 2. The molecule has 2 aromatic carbocycles. The summed E-state index contributed by atoms with van der Waals surface area (Å²) in [5, 5.41) is 6.33. The molecule has 0 aliphatic rings. The van der Waals surface area contributed by atoms with Crippen molar-refractivity contribution in [1.82, 2.24) is 0 Å². The fourth-order valence-electron chi connectivity index (χ4n) is 1.59. The van der Waals surface area contributed by atoms with E-state index in [-0.39, 0.29) is 6.03 Å². The quantitative estimate of drug-likeness (QED) is 0.695. The Morgan fingerprint density at radius 2 is 1.60 bits per heavy atom. The summed E-state index contributed by atoms with van der Waals surface area (Å²) in [6, 6.07) is 10.1. The zero-order chi connectivity index (χ0) is 14.7. The highest BCUT2D eigenvalue weighted by molar-refractivity contribution is 9.10. The van der Waals surface area contributed by atoms with Crippen molar-refractivity contribution in [1.29, 1.82) is 0 Å². The van der Waals surface area contributed by atoms with Gasteiger partial charge in [0.05, 0.1) is 0 Å². The van der Waals surface area contributed by atoms with Crippen molar-refractivity contribution in [2.24, 2.45) is 0 Å². The number of aryl methyl sites for hydroxylation is 1. The Morgan fingerprint density at radius 1 is 1.00 bits per heavy atom. The summed E-state index contributed by atoms with van der Waals surface area (Å²) in [6.07, 6.45) is 0. The van der Waals surface area contributed by atoms with Crippen LogP contribution < -0.4 is 10.6 Å². The van der Waals surface area contributed by atoms with Crippen LogP contribution in [0, 0.1) is 6.92 Å². The Hall–Kier alpha value is -1.23. The molecule has 0 saturated heterocycles. The molecule has 2 rings (SSSR count). The van der Waals surface area contributed by atoms with Crippen molar-refractivity contribution >= 4 is 56.5 Å². The molecule has 6 heteroatoms. The van der Waals surface area contributed by atoms with Gasteiger partial charge in [0.1, 0.15) is 0 Å². The van der Waals surface area contributed by atoms with Gasteiger partial charge in [-0.1, -0.05) is 45.2 Å². The smallest absolute Gasteiger partial charge is 0.308 e. The third-order valence-electron chi connectivity index (χ3n) is 2.55. The number of halogens is 3. The minimum Gasteiger partial charge on any atom is -0.308 e. The Morgan fingerprint density at radius 3 is 2.20 bits per heavy atom. The van der Waals surface area contributed by atoms with E-state index in [0.29, 0.717) is 21.4 Å². The first-order chi connectivity index (χ1) is 9.44. The molecular weight excluding hydrogens is 363 g/mol. The highest BCUT2D eigenvalue weighted by Gasteiger charge is 2.05. The van der Waals surface area contributed by atoms with Crippen LogP contribution in [0.15, 0.2) is 40.9 Å². The van der Waals surface area contributed by atoms with Crippen LogP contribution in [-0.2, 0) is 0 Å². The standard InChI is InChI=1S/C14H11BrCl2N2O/c1-8-2-3-11(7-13(8)15)18-14(20)19-12-5-9(16)4-10(17)6-12/h2-7H,1H3,(H2,18,19,20). The van der Waals surface area contributed by atoms with Crippen LogP contribution >= 0.6 is 39.1 Å². The second-order valence-corrected chi connectivity index (χ2v) is 5.93. The minimum absolute atomic E-state index is 0.362. The average molecular weight is 374 g/mol. The second-order valence-electron chi connectivity index (χ2n) is 4.20. The molecule has 2 aromatic rings. The molecule has 104 valence electrons. The summed E-state index contributed by atoms with van der Waals surface area (Å²) < 4.78 is 0.932. The first kappa shape index (κ1) is 15.2. The number of hydrogen-bond donors (Lipinski definition) is 2. The number of carbonyl (C=O) groups excluding carboxylic acids is 1. The molecule has 0 atom stereocenters. The average Bonchev–Trinajstić information content (AvgIpc) is 2.32. The molecule has 0 heterocycles. The number of urea groups is 1. The lowest BCUT2D eigenvalue weighted by atomic mass is 10.2. The molecule has 0 aromatic heterocycles. The maximum atomic E-state index is 11.9. The second kappa shape index (κ2) is 6.48. The number of hydrogen-bond acceptors (Lipinski definition) is 1. The molecule has 2 amide bonds. The van der Waals surface area contributed by atoms with Gasteiger partial charge >= 0.3 is 6.03 Å². The highest BCUT2D eigenvalue weighted by Crippen LogP contribution is 2.23. The van der Waals surface area contributed by atoms with E-state index in [1.165, 1.54) is 0 Å². The lowest BCUT2D eigenvalue weighted by molar-refractivity contribution is 0.262. The van der Waals surface area contributed by atoms with E-state index in [2.05, 4.69) is 26.6 Å². The van der Waals surface area contributed by atoms with Gasteiger partial charge in [-0.3, -0.25) is 0 Å². The molecule has 0 bridgehead atoms. The number of benzene rings is 2. The number of amides is 2. The van der Waals surface area contributed by atoms with Crippen LogP contribution in [-0.4, -0.2) is 6.03 Å². The number of anilines is 2. The molecule has 0 aliphatic heterocycles. The van der Waals surface area contributed by atoms with Gasteiger partial charge in [-0.15, -0.1) is 0 Å². The summed E-state index contributed by atoms with van der Waals surface area (Å²) in [7, 11) is 0. The Kier molecular flexibility index (Phi) is 4.91. The van der Waals surface area contributed by atoms with Gasteiger partial charge < -0.3 is 10.6 Å². The topological polar surface area (TPSA) is 41.1 Å². The van der Waals surface area contributed by atoms with Gasteiger partial charge in [0.15, 0.2) is 0 Å². The first-order valence-electron chi connectivity index (χ1n) is 5.74. The maximum absolute atomic E-state index is 11.9. The van der Waals surface area contributed by atoms with Crippen LogP contribution in [0.2, 0.25) is 10.0 Å². The lowest BCUT2D eigenvalue weighted by Gasteiger charge is -2.09. The summed E-state index contributed by atoms with van der Waals surface area (Å²) in [4.78, 5) is 11.9. The Balaban J connectivity index is 2.06. The van der Waals surface area contributed by atoms with Gasteiger partial charge in [-0.2, -0.15) is 0 Å². The zero-order valence-corrected chi connectivity index (χ0v) is 13.6. The summed E-state index contributed by atoms with van der Waals surface area (Å²) in [5.74, 6) is 0. The normalized spacial score (nSPS) is 10.2. The fourth-order valence-corrected chi connectivity index (χ4v) is 2.49. The third kappa shape index (κ3) is 4.13. The molecular formula is C14H11BrCl2N2O. The number of carbonyl (C=O) groups is 1. The van der Waals surface area contributed by atoms with Crippen molar-refractivity contribution < 1.29 is 4.79 Å². The molecule has 0 unspecified atom stereocenters. The van der Waals surface area contributed by atoms with E-state index >= 15 is 0 Å². The zero-order valence-electron chi connectivity index (χ0n) is 10.5. The van der Waals surface area contributed by atoms with E-state index < -0.39 is 0 Å². The molecule has 20 heavy (non-hydrogen) atoms. The summed E-state index contributed by atoms with van der Waals surface area (Å²) >= 11 is 15.2. The Bertz CT molecular complexity index is 641. The third-order valence-corrected chi connectivity index (χ3v) is 3.84. The first-order valence-corrected chi connectivity index (χ1v) is 7.29. The molecule has 3 nitrogen and oxygen atoms in total. The molecule has 2 N–H and O–H groups in total. The van der Waals surface area contributed by atoms with E-state index in [4.69, 9.17) is 23.2 Å². The molecule has 0 fully saturated rings. The van der Waals surface area contributed by atoms with Crippen LogP contribution in [0.4, 0.5) is 16.2 Å². The number of nitrogens with one attached hydrogen (secondary N) is 2. The molecule has 0 aliphatic carbocycles. The van der Waals surface area contributed by atoms with Crippen molar-refractivity contribution in [3.63, 3.8) is 0 Å². The van der Waals surface area contributed by atoms with Gasteiger partial charge in [-0.25, -0.2) is 4.79 Å². The molecule has 0 saturated carbocycles. The monoisotopic (exact) mass is 372 g/mol. The van der Waals surface area contributed by atoms with E-state index in [1.54, 1.807) is 18.2 Å². The predicted octanol–water partition coefficient (Wildman–Crippen LogP) is 5.71. The highest BCUT2D eigenvalue weighted by atomic mass is 79.9. The van der Waals surface area contributed by atoms with Gasteiger partial charge in [0.2, 0.25) is 0 Å². The van der Waals surface area contributed by atoms with Gasteiger partial charge in [0, 0.05) is 25.9 Å². The van der Waals surface area contributed by atoms with E-state index in [1.807, 2.05) is 25.1 Å². The van der Waals surface area contributed by atoms with Crippen LogP contribution in [0.25, 0.3) is 0 Å². The van der Waals surface area contributed by atoms with Crippen molar-refractivity contribution in [3.05, 3.63) is 56.5 Å². The van der Waals surface area contributed by atoms with E-state index in [9.17, 15) is 4.79 Å². The predicted molar refractivity (Wildman–Crippen MR) is 88.0 cm³/mol. The molecule has 0 radical (unpaired) electrons. The molecule has 0 spiro atoms. The van der Waals surface area contributed by atoms with Crippen molar-refractivity contribution in [3.8, 4) is 0 Å². The van der Waals surface area contributed by atoms with E-state index in [0.717, 1.165) is 10.0 Å². The largest absolute Gasteiger partial charge is 0.323 e. The summed E-state index contributed by atoms with van der Waals surface area (Å²) in [6.45, 7) is 1.97. The Labute approximate surface area is 135 Å². The van der Waals surface area contributed by atoms with Crippen LogP contribution in [0.5, 0.6) is 0 Å². The van der Waals surface area contributed by atoms with Crippen molar-refractivity contribution in [2.75, 3.05) is 10.6 Å².